The summed E-state index contributed by atoms with van der Waals surface area (Å²) in [5, 5.41) is 3.42. The van der Waals surface area contributed by atoms with E-state index in [4.69, 9.17) is 5.73 Å². The fourth-order valence-corrected chi connectivity index (χ4v) is 2.24. The molecule has 2 atom stereocenters. The summed E-state index contributed by atoms with van der Waals surface area (Å²) in [6.45, 7) is 5.39. The predicted octanol–water partition coefficient (Wildman–Crippen LogP) is 2.11. The van der Waals surface area contributed by atoms with Crippen molar-refractivity contribution in [3.05, 3.63) is 29.3 Å². The van der Waals surface area contributed by atoms with Gasteiger partial charge in [-0.2, -0.15) is 0 Å². The second kappa shape index (κ2) is 3.62. The molecule has 14 heavy (non-hydrogen) atoms. The Morgan fingerprint density at radius 2 is 2.36 bits per heavy atom. The van der Waals surface area contributed by atoms with Gasteiger partial charge in [0, 0.05) is 24.2 Å². The highest BCUT2D eigenvalue weighted by molar-refractivity contribution is 5.60. The molecule has 76 valence electrons. The van der Waals surface area contributed by atoms with Gasteiger partial charge in [0.25, 0.3) is 0 Å². The monoisotopic (exact) mass is 190 g/mol. The zero-order chi connectivity index (χ0) is 10.1. The predicted molar refractivity (Wildman–Crippen MR) is 60.7 cm³/mol. The summed E-state index contributed by atoms with van der Waals surface area (Å²) in [6, 6.07) is 6.71. The number of fused-ring (bicyclic) bond motifs is 1. The van der Waals surface area contributed by atoms with Gasteiger partial charge in [0.05, 0.1) is 0 Å². The van der Waals surface area contributed by atoms with Crippen molar-refractivity contribution in [2.75, 3.05) is 11.9 Å². The van der Waals surface area contributed by atoms with E-state index in [0.717, 1.165) is 13.0 Å². The summed E-state index contributed by atoms with van der Waals surface area (Å²) in [6.07, 6.45) is 0.981. The smallest absolute Gasteiger partial charge is 0.0379 e. The summed E-state index contributed by atoms with van der Waals surface area (Å²) in [5.41, 5.74) is 10.0. The van der Waals surface area contributed by atoms with Gasteiger partial charge in [0.2, 0.25) is 0 Å². The van der Waals surface area contributed by atoms with Crippen molar-refractivity contribution in [2.45, 2.75) is 32.2 Å². The maximum absolute atomic E-state index is 5.84. The summed E-state index contributed by atoms with van der Waals surface area (Å²) >= 11 is 0. The Kier molecular flexibility index (Phi) is 2.46. The Hall–Kier alpha value is -1.02. The van der Waals surface area contributed by atoms with Crippen molar-refractivity contribution >= 4 is 5.69 Å². The molecule has 0 aliphatic carbocycles. The third kappa shape index (κ3) is 1.62. The third-order valence-electron chi connectivity index (χ3n) is 2.83. The molecule has 1 aromatic carbocycles. The van der Waals surface area contributed by atoms with Crippen molar-refractivity contribution in [3.8, 4) is 0 Å². The molecule has 0 amide bonds. The second-order valence-corrected chi connectivity index (χ2v) is 4.34. The minimum Gasteiger partial charge on any atom is -0.384 e. The molecule has 0 spiro atoms. The topological polar surface area (TPSA) is 38.0 Å². The van der Waals surface area contributed by atoms with E-state index in [1.165, 1.54) is 16.8 Å². The molecule has 0 bridgehead atoms. The fraction of sp³-hybridized carbons (Fsp3) is 0.500. The molecule has 0 fully saturated rings. The van der Waals surface area contributed by atoms with Crippen molar-refractivity contribution < 1.29 is 0 Å². The number of nitrogens with one attached hydrogen (secondary N) is 1. The van der Waals surface area contributed by atoms with E-state index < -0.39 is 0 Å². The minimum atomic E-state index is 0.245. The van der Waals surface area contributed by atoms with Crippen LogP contribution >= 0.6 is 0 Å². The van der Waals surface area contributed by atoms with Crippen LogP contribution in [-0.2, 0) is 6.42 Å². The van der Waals surface area contributed by atoms with E-state index in [2.05, 4.69) is 37.4 Å². The van der Waals surface area contributed by atoms with E-state index in [-0.39, 0.29) is 6.04 Å². The van der Waals surface area contributed by atoms with E-state index in [9.17, 15) is 0 Å². The van der Waals surface area contributed by atoms with Crippen LogP contribution in [0.25, 0.3) is 0 Å². The lowest BCUT2D eigenvalue weighted by Gasteiger charge is -2.12. The molecule has 3 N–H and O–H groups in total. The summed E-state index contributed by atoms with van der Waals surface area (Å²) in [5.74, 6) is 0.625. The molecule has 2 rings (SSSR count). The van der Waals surface area contributed by atoms with Gasteiger partial charge in [-0.15, -0.1) is 0 Å². The quantitative estimate of drug-likeness (QED) is 0.749. The molecule has 1 heterocycles. The molecule has 1 aliphatic rings. The molecular formula is C12H18N2. The fourth-order valence-electron chi connectivity index (χ4n) is 2.24. The van der Waals surface area contributed by atoms with Crippen LogP contribution in [0.3, 0.4) is 0 Å². The molecule has 2 heteroatoms. The number of rotatable bonds is 2. The first-order valence-electron chi connectivity index (χ1n) is 5.29. The lowest BCUT2D eigenvalue weighted by atomic mass is 9.94. The molecule has 0 saturated carbocycles. The van der Waals surface area contributed by atoms with Crippen LogP contribution < -0.4 is 11.1 Å². The Labute approximate surface area is 85.5 Å². The van der Waals surface area contributed by atoms with E-state index in [1.54, 1.807) is 0 Å². The summed E-state index contributed by atoms with van der Waals surface area (Å²) in [4.78, 5) is 0. The van der Waals surface area contributed by atoms with E-state index >= 15 is 0 Å². The minimum absolute atomic E-state index is 0.245. The zero-order valence-electron chi connectivity index (χ0n) is 8.88. The first kappa shape index (κ1) is 9.53. The number of hydrogen-bond donors (Lipinski definition) is 2. The average molecular weight is 190 g/mol. The lowest BCUT2D eigenvalue weighted by molar-refractivity contribution is 0.723. The molecule has 0 aromatic heterocycles. The molecule has 2 nitrogen and oxygen atoms in total. The van der Waals surface area contributed by atoms with Crippen LogP contribution in [0, 0.1) is 0 Å². The van der Waals surface area contributed by atoms with Gasteiger partial charge in [-0.1, -0.05) is 19.1 Å². The van der Waals surface area contributed by atoms with Crippen LogP contribution in [0.15, 0.2) is 18.2 Å². The van der Waals surface area contributed by atoms with Crippen LogP contribution in [0.5, 0.6) is 0 Å². The Morgan fingerprint density at radius 1 is 1.57 bits per heavy atom. The van der Waals surface area contributed by atoms with Gasteiger partial charge >= 0.3 is 0 Å². The Morgan fingerprint density at radius 3 is 3.07 bits per heavy atom. The highest BCUT2D eigenvalue weighted by Gasteiger charge is 2.20. The van der Waals surface area contributed by atoms with Gasteiger partial charge in [-0.05, 0) is 30.5 Å². The van der Waals surface area contributed by atoms with Crippen LogP contribution in [0.2, 0.25) is 0 Å². The maximum atomic E-state index is 5.84. The number of hydrogen-bond acceptors (Lipinski definition) is 2. The van der Waals surface area contributed by atoms with E-state index in [1.807, 2.05) is 0 Å². The molecule has 1 aromatic rings. The van der Waals surface area contributed by atoms with Crippen molar-refractivity contribution in [1.29, 1.82) is 0 Å². The van der Waals surface area contributed by atoms with Gasteiger partial charge < -0.3 is 11.1 Å². The van der Waals surface area contributed by atoms with Crippen LogP contribution in [0.1, 0.15) is 30.9 Å². The molecule has 0 saturated heterocycles. The van der Waals surface area contributed by atoms with Crippen LogP contribution in [-0.4, -0.2) is 12.6 Å². The second-order valence-electron chi connectivity index (χ2n) is 4.34. The van der Waals surface area contributed by atoms with E-state index in [0.29, 0.717) is 5.92 Å². The van der Waals surface area contributed by atoms with Gasteiger partial charge in [-0.3, -0.25) is 0 Å². The standard InChI is InChI=1S/C12H18N2/c1-8-7-14-11-5-3-4-10(12(8)11)6-9(2)13/h3-5,8-9,14H,6-7,13H2,1-2H3. The van der Waals surface area contributed by atoms with Crippen LogP contribution in [0.4, 0.5) is 5.69 Å². The lowest BCUT2D eigenvalue weighted by Crippen LogP contribution is -2.18. The molecular weight excluding hydrogens is 172 g/mol. The molecule has 1 aliphatic heterocycles. The Balaban J connectivity index is 2.36. The molecule has 2 unspecified atom stereocenters. The van der Waals surface area contributed by atoms with Gasteiger partial charge in [-0.25, -0.2) is 0 Å². The summed E-state index contributed by atoms with van der Waals surface area (Å²) < 4.78 is 0. The number of anilines is 1. The molecule has 0 radical (unpaired) electrons. The number of nitrogens with two attached hydrogens (primary N) is 1. The highest BCUT2D eigenvalue weighted by atomic mass is 14.9. The Bertz CT molecular complexity index is 331. The van der Waals surface area contributed by atoms with Crippen molar-refractivity contribution in [1.82, 2.24) is 0 Å². The van der Waals surface area contributed by atoms with Gasteiger partial charge in [0.15, 0.2) is 0 Å². The highest BCUT2D eigenvalue weighted by Crippen LogP contribution is 2.34. The third-order valence-corrected chi connectivity index (χ3v) is 2.83. The summed E-state index contributed by atoms with van der Waals surface area (Å²) in [7, 11) is 0. The largest absolute Gasteiger partial charge is 0.384 e. The zero-order valence-corrected chi connectivity index (χ0v) is 8.88. The van der Waals surface area contributed by atoms with Crippen molar-refractivity contribution in [2.24, 2.45) is 5.73 Å². The first-order chi connectivity index (χ1) is 6.68. The average Bonchev–Trinajstić information content (AvgIpc) is 2.48. The SMILES string of the molecule is CC(N)Cc1cccc2c1C(C)CN2. The first-order valence-corrected chi connectivity index (χ1v) is 5.29. The van der Waals surface area contributed by atoms with Crippen molar-refractivity contribution in [3.63, 3.8) is 0 Å². The normalized spacial score (nSPS) is 21.5. The maximum Gasteiger partial charge on any atom is 0.0379 e. The van der Waals surface area contributed by atoms with Gasteiger partial charge in [0.1, 0.15) is 0 Å². The number of benzene rings is 1.